The minimum atomic E-state index is -3.58. The standard InChI is InChI=1S/C23H27NO3S/c1-27-17-18-9-11-19(12-10-18)21-15-23(13-5-6-14-23)16-22(21)24-28(25,26)20-7-3-2-4-8-20/h2-4,7-12,24H,5-6,13-17H2,1H3. The number of nitrogens with one attached hydrogen (secondary N) is 1. The van der Waals surface area contributed by atoms with Crippen LogP contribution < -0.4 is 4.72 Å². The average molecular weight is 398 g/mol. The lowest BCUT2D eigenvalue weighted by atomic mass is 9.82. The van der Waals surface area contributed by atoms with Gasteiger partial charge in [0.1, 0.15) is 0 Å². The Balaban J connectivity index is 1.68. The summed E-state index contributed by atoms with van der Waals surface area (Å²) in [4.78, 5) is 0.310. The third-order valence-corrected chi connectivity index (χ3v) is 7.46. The summed E-state index contributed by atoms with van der Waals surface area (Å²) < 4.78 is 34.0. The van der Waals surface area contributed by atoms with E-state index in [1.54, 1.807) is 31.4 Å². The van der Waals surface area contributed by atoms with E-state index in [0.717, 1.165) is 35.2 Å². The molecule has 0 aliphatic heterocycles. The summed E-state index contributed by atoms with van der Waals surface area (Å²) in [5, 5.41) is 0. The summed E-state index contributed by atoms with van der Waals surface area (Å²) >= 11 is 0. The monoisotopic (exact) mass is 397 g/mol. The van der Waals surface area contributed by atoms with Crippen molar-refractivity contribution < 1.29 is 13.2 Å². The van der Waals surface area contributed by atoms with E-state index in [1.165, 1.54) is 25.7 Å². The lowest BCUT2D eigenvalue weighted by Gasteiger charge is -2.23. The molecule has 4 rings (SSSR count). The number of sulfonamides is 1. The number of hydrogen-bond acceptors (Lipinski definition) is 3. The summed E-state index contributed by atoms with van der Waals surface area (Å²) in [5.41, 5.74) is 4.45. The number of methoxy groups -OCH3 is 1. The maximum atomic E-state index is 12.9. The minimum absolute atomic E-state index is 0.217. The molecule has 1 saturated carbocycles. The Labute approximate surface area is 167 Å². The van der Waals surface area contributed by atoms with Gasteiger partial charge in [-0.15, -0.1) is 0 Å². The normalized spacial score (nSPS) is 18.8. The third-order valence-electron chi connectivity index (χ3n) is 6.06. The Morgan fingerprint density at radius 3 is 2.29 bits per heavy atom. The van der Waals surface area contributed by atoms with Crippen LogP contribution in [0.25, 0.3) is 5.57 Å². The molecule has 148 valence electrons. The lowest BCUT2D eigenvalue weighted by molar-refractivity contribution is 0.185. The summed E-state index contributed by atoms with van der Waals surface area (Å²) in [7, 11) is -1.89. The first-order valence-corrected chi connectivity index (χ1v) is 11.4. The molecule has 0 amide bonds. The third kappa shape index (κ3) is 3.87. The highest BCUT2D eigenvalue weighted by molar-refractivity contribution is 7.89. The van der Waals surface area contributed by atoms with Gasteiger partial charge in [0.05, 0.1) is 11.5 Å². The van der Waals surface area contributed by atoms with Crippen LogP contribution >= 0.6 is 0 Å². The van der Waals surface area contributed by atoms with Gasteiger partial charge in [0.25, 0.3) is 10.0 Å². The van der Waals surface area contributed by atoms with Crippen molar-refractivity contribution in [2.24, 2.45) is 5.41 Å². The van der Waals surface area contributed by atoms with Crippen molar-refractivity contribution in [1.29, 1.82) is 0 Å². The van der Waals surface area contributed by atoms with Gasteiger partial charge in [-0.2, -0.15) is 0 Å². The van der Waals surface area contributed by atoms with Crippen LogP contribution in [0.4, 0.5) is 0 Å². The van der Waals surface area contributed by atoms with E-state index in [2.05, 4.69) is 29.0 Å². The molecule has 1 spiro atoms. The first-order chi connectivity index (χ1) is 13.5. The topological polar surface area (TPSA) is 55.4 Å². The van der Waals surface area contributed by atoms with Crippen LogP contribution in [0.3, 0.4) is 0 Å². The predicted molar refractivity (Wildman–Crippen MR) is 111 cm³/mol. The van der Waals surface area contributed by atoms with Gasteiger partial charge in [0, 0.05) is 12.8 Å². The molecule has 2 aromatic carbocycles. The second-order valence-corrected chi connectivity index (χ2v) is 9.75. The Morgan fingerprint density at radius 1 is 0.964 bits per heavy atom. The van der Waals surface area contributed by atoms with Crippen LogP contribution in [0.5, 0.6) is 0 Å². The zero-order chi connectivity index (χ0) is 19.6. The molecule has 0 saturated heterocycles. The summed E-state index contributed by atoms with van der Waals surface area (Å²) in [5.74, 6) is 0. The Bertz CT molecular complexity index is 957. The van der Waals surface area contributed by atoms with Crippen LogP contribution in [0.15, 0.2) is 65.2 Å². The number of rotatable bonds is 6. The summed E-state index contributed by atoms with van der Waals surface area (Å²) in [6, 6.07) is 16.9. The molecule has 2 aliphatic rings. The Hall–Kier alpha value is -2.11. The molecule has 1 N–H and O–H groups in total. The molecule has 0 unspecified atom stereocenters. The molecule has 4 nitrogen and oxygen atoms in total. The van der Waals surface area contributed by atoms with Gasteiger partial charge >= 0.3 is 0 Å². The molecule has 28 heavy (non-hydrogen) atoms. The minimum Gasteiger partial charge on any atom is -0.380 e. The van der Waals surface area contributed by atoms with Crippen molar-refractivity contribution in [2.45, 2.75) is 50.0 Å². The summed E-state index contributed by atoms with van der Waals surface area (Å²) in [6.45, 7) is 0.580. The van der Waals surface area contributed by atoms with Crippen LogP contribution in [0.2, 0.25) is 0 Å². The number of ether oxygens (including phenoxy) is 1. The van der Waals surface area contributed by atoms with Crippen molar-refractivity contribution in [2.75, 3.05) is 7.11 Å². The van der Waals surface area contributed by atoms with Gasteiger partial charge in [-0.25, -0.2) is 8.42 Å². The van der Waals surface area contributed by atoms with Crippen molar-refractivity contribution >= 4 is 15.6 Å². The number of benzene rings is 2. The molecule has 0 atom stereocenters. The fourth-order valence-corrected chi connectivity index (χ4v) is 5.82. The molecule has 0 heterocycles. The molecule has 0 bridgehead atoms. The van der Waals surface area contributed by atoms with Crippen LogP contribution in [-0.2, 0) is 21.4 Å². The predicted octanol–water partition coefficient (Wildman–Crippen LogP) is 4.88. The Kier molecular flexibility index (Phi) is 5.30. The largest absolute Gasteiger partial charge is 0.380 e. The SMILES string of the molecule is COCc1ccc(C2=C(NS(=O)(=O)c3ccccc3)CC3(CCCC3)C2)cc1. The second kappa shape index (κ2) is 7.72. The van der Waals surface area contributed by atoms with Crippen molar-refractivity contribution in [3.8, 4) is 0 Å². The average Bonchev–Trinajstić information content (AvgIpc) is 3.30. The van der Waals surface area contributed by atoms with Gasteiger partial charge in [-0.05, 0) is 59.9 Å². The fourth-order valence-electron chi connectivity index (χ4n) is 4.67. The van der Waals surface area contributed by atoms with Gasteiger partial charge in [-0.1, -0.05) is 55.3 Å². The van der Waals surface area contributed by atoms with E-state index in [9.17, 15) is 8.42 Å². The molecular formula is C23H27NO3S. The van der Waals surface area contributed by atoms with Gasteiger partial charge in [0.2, 0.25) is 0 Å². The molecule has 5 heteroatoms. The first-order valence-electron chi connectivity index (χ1n) is 9.90. The Morgan fingerprint density at radius 2 is 1.64 bits per heavy atom. The lowest BCUT2D eigenvalue weighted by Crippen LogP contribution is -2.24. The first kappa shape index (κ1) is 19.2. The maximum Gasteiger partial charge on any atom is 0.261 e. The zero-order valence-electron chi connectivity index (χ0n) is 16.3. The van der Waals surface area contributed by atoms with E-state index in [1.807, 2.05) is 6.07 Å². The van der Waals surface area contributed by atoms with E-state index in [4.69, 9.17) is 4.74 Å². The van der Waals surface area contributed by atoms with Crippen molar-refractivity contribution in [3.05, 3.63) is 71.4 Å². The smallest absolute Gasteiger partial charge is 0.261 e. The molecule has 2 aliphatic carbocycles. The van der Waals surface area contributed by atoms with E-state index < -0.39 is 10.0 Å². The fraction of sp³-hybridized carbons (Fsp3) is 0.391. The highest BCUT2D eigenvalue weighted by atomic mass is 32.2. The molecular weight excluding hydrogens is 370 g/mol. The number of hydrogen-bond donors (Lipinski definition) is 1. The molecule has 2 aromatic rings. The second-order valence-electron chi connectivity index (χ2n) is 8.07. The maximum absolute atomic E-state index is 12.9. The summed E-state index contributed by atoms with van der Waals surface area (Å²) in [6.07, 6.45) is 6.58. The van der Waals surface area contributed by atoms with Gasteiger partial charge in [-0.3, -0.25) is 4.72 Å². The van der Waals surface area contributed by atoms with Crippen LogP contribution in [0.1, 0.15) is 49.7 Å². The van der Waals surface area contributed by atoms with Crippen molar-refractivity contribution in [3.63, 3.8) is 0 Å². The number of allylic oxidation sites excluding steroid dienone is 2. The van der Waals surface area contributed by atoms with Crippen LogP contribution in [0, 0.1) is 5.41 Å². The van der Waals surface area contributed by atoms with E-state index in [-0.39, 0.29) is 5.41 Å². The highest BCUT2D eigenvalue weighted by Crippen LogP contribution is 2.54. The van der Waals surface area contributed by atoms with Crippen LogP contribution in [-0.4, -0.2) is 15.5 Å². The van der Waals surface area contributed by atoms with Gasteiger partial charge in [0.15, 0.2) is 0 Å². The van der Waals surface area contributed by atoms with E-state index in [0.29, 0.717) is 11.5 Å². The quantitative estimate of drug-likeness (QED) is 0.756. The highest BCUT2D eigenvalue weighted by Gasteiger charge is 2.42. The molecule has 0 aromatic heterocycles. The molecule has 1 fully saturated rings. The van der Waals surface area contributed by atoms with Gasteiger partial charge < -0.3 is 4.74 Å². The van der Waals surface area contributed by atoms with Crippen molar-refractivity contribution in [1.82, 2.24) is 4.72 Å². The zero-order valence-corrected chi connectivity index (χ0v) is 17.1. The molecule has 0 radical (unpaired) electrons. The van der Waals surface area contributed by atoms with E-state index >= 15 is 0 Å².